The molecule has 4 heterocycles. The Morgan fingerprint density at radius 1 is 1.09 bits per heavy atom. The lowest BCUT2D eigenvalue weighted by Crippen LogP contribution is -2.59. The van der Waals surface area contributed by atoms with E-state index in [1.807, 2.05) is 23.2 Å². The topological polar surface area (TPSA) is 69.7 Å². The van der Waals surface area contributed by atoms with Gasteiger partial charge in [0.05, 0.1) is 27.5 Å². The molecule has 3 atom stereocenters. The summed E-state index contributed by atoms with van der Waals surface area (Å²) in [5.41, 5.74) is 2.63. The highest BCUT2D eigenvalue weighted by Gasteiger charge is 2.42. The number of hydrogen-bond acceptors (Lipinski definition) is 7. The maximum Gasteiger partial charge on any atom is 0.252 e. The number of amides is 1. The third-order valence-electron chi connectivity index (χ3n) is 8.64. The van der Waals surface area contributed by atoms with Crippen LogP contribution in [0.2, 0.25) is 15.1 Å². The molecule has 3 fully saturated rings. The number of thiazole rings is 1. The molecule has 2 bridgehead atoms. The molecule has 1 amide bonds. The van der Waals surface area contributed by atoms with Crippen LogP contribution in [0.3, 0.4) is 0 Å². The van der Waals surface area contributed by atoms with Gasteiger partial charge in [-0.2, -0.15) is 0 Å². The molecule has 7 nitrogen and oxygen atoms in total. The molecule has 4 aliphatic rings. The molecule has 0 radical (unpaired) electrons. The van der Waals surface area contributed by atoms with E-state index in [0.29, 0.717) is 49.1 Å². The van der Waals surface area contributed by atoms with Gasteiger partial charge in [0.25, 0.3) is 5.91 Å². The zero-order chi connectivity index (χ0) is 30.5. The van der Waals surface area contributed by atoms with Crippen LogP contribution >= 0.6 is 46.1 Å². The molecule has 3 aromatic rings. The first-order valence-electron chi connectivity index (χ1n) is 14.7. The van der Waals surface area contributed by atoms with Gasteiger partial charge in [-0.25, -0.2) is 13.8 Å². The Hall–Kier alpha value is -2.47. The summed E-state index contributed by atoms with van der Waals surface area (Å²) < 4.78 is 34.1. The molecular weight excluding hydrogens is 651 g/mol. The summed E-state index contributed by atoms with van der Waals surface area (Å²) in [6.45, 7) is 2.97. The third kappa shape index (κ3) is 5.92. The Morgan fingerprint density at radius 3 is 2.73 bits per heavy atom. The lowest BCUT2D eigenvalue weighted by molar-refractivity contribution is -0.128. The lowest BCUT2D eigenvalue weighted by Gasteiger charge is -2.40. The first kappa shape index (κ1) is 30.2. The number of fused-ring (bicyclic) bond motifs is 2. The van der Waals surface area contributed by atoms with Gasteiger partial charge in [-0.15, -0.1) is 0 Å². The van der Waals surface area contributed by atoms with Gasteiger partial charge in [-0.3, -0.25) is 4.79 Å². The fourth-order valence-electron chi connectivity index (χ4n) is 6.29. The Morgan fingerprint density at radius 2 is 1.91 bits per heavy atom. The lowest BCUT2D eigenvalue weighted by atomic mass is 9.86. The monoisotopic (exact) mass is 679 g/mol. The summed E-state index contributed by atoms with van der Waals surface area (Å²) in [4.78, 5) is 24.2. The van der Waals surface area contributed by atoms with E-state index in [9.17, 15) is 13.6 Å². The van der Waals surface area contributed by atoms with Crippen LogP contribution in [0.4, 0.5) is 13.9 Å². The quantitative estimate of drug-likeness (QED) is 0.272. The number of halogens is 5. The van der Waals surface area contributed by atoms with Gasteiger partial charge in [0.15, 0.2) is 16.7 Å². The molecule has 44 heavy (non-hydrogen) atoms. The van der Waals surface area contributed by atoms with E-state index >= 15 is 0 Å². The standard InChI is InChI=1S/C31H30Cl3F2N5O2S/c32-21-3-1-2-16(27(21)33)14-41(18-4-5-18)30(42)26-20(10-17-11-37-12-24(26)39-17)25-13-38-31(44-25)40-9-8-19(15-40)43-29-23(36)7-6-22(35)28(29)34/h1-3,6-7,13,17-19,24,37,39H,4-5,8-12,14-15H2/t17-,19+,24-/m1/s1. The van der Waals surface area contributed by atoms with Crippen LogP contribution in [0, 0.1) is 11.6 Å². The minimum absolute atomic E-state index is 0.0109. The zero-order valence-electron chi connectivity index (χ0n) is 23.6. The van der Waals surface area contributed by atoms with E-state index in [4.69, 9.17) is 44.5 Å². The van der Waals surface area contributed by atoms with E-state index in [2.05, 4.69) is 15.5 Å². The van der Waals surface area contributed by atoms with Gasteiger partial charge >= 0.3 is 0 Å². The number of anilines is 1. The van der Waals surface area contributed by atoms with Crippen molar-refractivity contribution in [2.24, 2.45) is 0 Å². The van der Waals surface area contributed by atoms with E-state index in [-0.39, 0.29) is 40.9 Å². The molecule has 232 valence electrons. The minimum atomic E-state index is -0.723. The van der Waals surface area contributed by atoms with Crippen molar-refractivity contribution >= 4 is 62.8 Å². The number of ether oxygens (including phenoxy) is 1. The van der Waals surface area contributed by atoms with Gasteiger partial charge in [-0.1, -0.05) is 58.3 Å². The molecule has 2 N–H and O–H groups in total. The number of aromatic nitrogens is 1. The van der Waals surface area contributed by atoms with Crippen molar-refractivity contribution in [3.63, 3.8) is 0 Å². The second-order valence-electron chi connectivity index (χ2n) is 11.7. The average molecular weight is 681 g/mol. The smallest absolute Gasteiger partial charge is 0.252 e. The first-order chi connectivity index (χ1) is 21.3. The summed E-state index contributed by atoms with van der Waals surface area (Å²) in [6, 6.07) is 7.77. The fourth-order valence-corrected chi connectivity index (χ4v) is 7.89. The van der Waals surface area contributed by atoms with Crippen LogP contribution in [0.25, 0.3) is 5.57 Å². The van der Waals surface area contributed by atoms with Crippen molar-refractivity contribution in [2.75, 3.05) is 31.1 Å². The van der Waals surface area contributed by atoms with Gasteiger partial charge in [0.1, 0.15) is 16.9 Å². The van der Waals surface area contributed by atoms with Crippen molar-refractivity contribution in [1.29, 1.82) is 0 Å². The highest BCUT2D eigenvalue weighted by atomic mass is 35.5. The summed E-state index contributed by atoms with van der Waals surface area (Å²) in [6.07, 6.45) is 4.70. The minimum Gasteiger partial charge on any atom is -0.484 e. The molecule has 0 spiro atoms. The van der Waals surface area contributed by atoms with Crippen molar-refractivity contribution in [3.05, 3.63) is 79.2 Å². The van der Waals surface area contributed by atoms with Crippen molar-refractivity contribution in [1.82, 2.24) is 20.5 Å². The number of piperazine rings is 1. The number of benzene rings is 2. The fraction of sp³-hybridized carbons (Fsp3) is 0.419. The SMILES string of the molecule is O=C(C1=C(c2cnc(N3CC[C@H](Oc4c(F)ccc(F)c4Cl)C3)s2)C[C@@H]2CNC[C@H]1N2)N(Cc1cccc(Cl)c1Cl)C1CC1. The van der Waals surface area contributed by atoms with Gasteiger partial charge in [0.2, 0.25) is 0 Å². The molecule has 2 aromatic carbocycles. The number of nitrogens with one attached hydrogen (secondary N) is 2. The molecular formula is C31H30Cl3F2N5O2S. The highest BCUT2D eigenvalue weighted by Crippen LogP contribution is 2.41. The summed E-state index contributed by atoms with van der Waals surface area (Å²) in [5.74, 6) is -1.67. The molecule has 1 aromatic heterocycles. The maximum atomic E-state index is 14.4. The number of hydrogen-bond donors (Lipinski definition) is 2. The number of nitrogens with zero attached hydrogens (tertiary/aromatic N) is 3. The van der Waals surface area contributed by atoms with Gasteiger partial charge < -0.3 is 25.2 Å². The predicted molar refractivity (Wildman–Crippen MR) is 170 cm³/mol. The van der Waals surface area contributed by atoms with E-state index in [1.165, 1.54) is 0 Å². The largest absolute Gasteiger partial charge is 0.484 e. The Bertz CT molecular complexity index is 1630. The van der Waals surface area contributed by atoms with Crippen molar-refractivity contribution in [3.8, 4) is 5.75 Å². The zero-order valence-corrected chi connectivity index (χ0v) is 26.7. The van der Waals surface area contributed by atoms with Gasteiger partial charge in [0, 0.05) is 56.5 Å². The summed E-state index contributed by atoms with van der Waals surface area (Å²) in [5, 5.41) is 8.53. The maximum absolute atomic E-state index is 14.4. The van der Waals surface area contributed by atoms with Crippen molar-refractivity contribution in [2.45, 2.75) is 56.5 Å². The molecule has 2 saturated heterocycles. The van der Waals surface area contributed by atoms with Crippen molar-refractivity contribution < 1.29 is 18.3 Å². The Labute approximate surface area is 273 Å². The second kappa shape index (κ2) is 12.4. The summed E-state index contributed by atoms with van der Waals surface area (Å²) >= 11 is 20.4. The van der Waals surface area contributed by atoms with Crippen LogP contribution in [0.5, 0.6) is 5.75 Å². The van der Waals surface area contributed by atoms with Crippen LogP contribution in [-0.4, -0.2) is 66.2 Å². The van der Waals surface area contributed by atoms with Crippen LogP contribution in [0.1, 0.15) is 36.1 Å². The number of carbonyl (C=O) groups excluding carboxylic acids is 1. The number of carbonyl (C=O) groups is 1. The first-order valence-corrected chi connectivity index (χ1v) is 16.7. The molecule has 0 unspecified atom stereocenters. The van der Waals surface area contributed by atoms with Crippen LogP contribution in [0.15, 0.2) is 42.1 Å². The third-order valence-corrected chi connectivity index (χ3v) is 11.0. The van der Waals surface area contributed by atoms with E-state index < -0.39 is 11.6 Å². The second-order valence-corrected chi connectivity index (χ2v) is 13.9. The normalized spacial score (nSPS) is 23.3. The van der Waals surface area contributed by atoms with E-state index in [1.54, 1.807) is 17.4 Å². The predicted octanol–water partition coefficient (Wildman–Crippen LogP) is 6.32. The average Bonchev–Trinajstić information content (AvgIpc) is 3.53. The molecule has 3 aliphatic heterocycles. The van der Waals surface area contributed by atoms with Gasteiger partial charge in [-0.05, 0) is 48.6 Å². The van der Waals surface area contributed by atoms with Crippen LogP contribution in [-0.2, 0) is 11.3 Å². The molecule has 13 heteroatoms. The highest BCUT2D eigenvalue weighted by molar-refractivity contribution is 7.16. The van der Waals surface area contributed by atoms with Crippen LogP contribution < -0.4 is 20.3 Å². The Balaban J connectivity index is 1.15. The molecule has 1 saturated carbocycles. The molecule has 7 rings (SSSR count). The van der Waals surface area contributed by atoms with E-state index in [0.717, 1.165) is 58.2 Å². The Kier molecular flexibility index (Phi) is 8.50. The molecule has 1 aliphatic carbocycles. The summed E-state index contributed by atoms with van der Waals surface area (Å²) in [7, 11) is 0. The number of rotatable bonds is 8.